The Morgan fingerprint density at radius 1 is 1.07 bits per heavy atom. The predicted molar refractivity (Wildman–Crippen MR) is 119 cm³/mol. The predicted octanol–water partition coefficient (Wildman–Crippen LogP) is 5.78. The van der Waals surface area contributed by atoms with Crippen LogP contribution >= 0.6 is 27.5 Å². The maximum absolute atomic E-state index is 13.1. The highest BCUT2D eigenvalue weighted by molar-refractivity contribution is 9.10. The van der Waals surface area contributed by atoms with Crippen molar-refractivity contribution < 1.29 is 14.3 Å². The lowest BCUT2D eigenvalue weighted by molar-refractivity contribution is -0.117. The molecule has 0 radical (unpaired) electrons. The molecule has 0 aliphatic carbocycles. The standard InChI is InChI=1S/C23H18BrClN2O3/c24-16-10-11-20-18(12-16)22(17-8-4-5-9-19(17)25)27(13-21(28)26-20)23(29)30-14-15-6-2-1-3-7-15/h1-12,22H,13-14H2,(H,26,28). The summed E-state index contributed by atoms with van der Waals surface area (Å²) in [6, 6.07) is 21.6. The lowest BCUT2D eigenvalue weighted by Gasteiger charge is -2.30. The van der Waals surface area contributed by atoms with Crippen molar-refractivity contribution in [3.05, 3.63) is 99.0 Å². The molecular weight excluding hydrogens is 468 g/mol. The van der Waals surface area contributed by atoms with E-state index in [-0.39, 0.29) is 19.1 Å². The van der Waals surface area contributed by atoms with Crippen LogP contribution in [0.2, 0.25) is 5.02 Å². The van der Waals surface area contributed by atoms with Crippen molar-refractivity contribution >= 4 is 45.2 Å². The van der Waals surface area contributed by atoms with Crippen molar-refractivity contribution in [1.29, 1.82) is 0 Å². The van der Waals surface area contributed by atoms with Gasteiger partial charge >= 0.3 is 6.09 Å². The number of nitrogens with zero attached hydrogens (tertiary/aromatic N) is 1. The van der Waals surface area contributed by atoms with E-state index in [0.29, 0.717) is 16.3 Å². The molecule has 1 aliphatic heterocycles. The van der Waals surface area contributed by atoms with Gasteiger partial charge in [-0.2, -0.15) is 0 Å². The van der Waals surface area contributed by atoms with Gasteiger partial charge in [0, 0.05) is 20.7 Å². The zero-order valence-electron chi connectivity index (χ0n) is 15.8. The van der Waals surface area contributed by atoms with Crippen LogP contribution in [0.5, 0.6) is 0 Å². The molecule has 5 nitrogen and oxygen atoms in total. The normalized spacial score (nSPS) is 15.7. The highest BCUT2D eigenvalue weighted by Gasteiger charge is 2.35. The smallest absolute Gasteiger partial charge is 0.411 e. The van der Waals surface area contributed by atoms with Crippen molar-refractivity contribution in [2.45, 2.75) is 12.6 Å². The van der Waals surface area contributed by atoms with Crippen LogP contribution in [0.3, 0.4) is 0 Å². The number of fused-ring (bicyclic) bond motifs is 1. The molecule has 3 aromatic rings. The summed E-state index contributed by atoms with van der Waals surface area (Å²) in [5, 5.41) is 3.38. The van der Waals surface area contributed by atoms with E-state index in [1.807, 2.05) is 60.7 Å². The van der Waals surface area contributed by atoms with E-state index < -0.39 is 12.1 Å². The fraction of sp³-hybridized carbons (Fsp3) is 0.130. The van der Waals surface area contributed by atoms with E-state index in [1.165, 1.54) is 4.90 Å². The van der Waals surface area contributed by atoms with E-state index in [0.717, 1.165) is 15.6 Å². The van der Waals surface area contributed by atoms with Crippen LogP contribution in [-0.4, -0.2) is 23.4 Å². The minimum atomic E-state index is -0.591. The molecule has 30 heavy (non-hydrogen) atoms. The second kappa shape index (κ2) is 8.90. The summed E-state index contributed by atoms with van der Waals surface area (Å²) in [6.07, 6.45) is -0.591. The second-order valence-corrected chi connectivity index (χ2v) is 8.19. The number of rotatable bonds is 3. The largest absolute Gasteiger partial charge is 0.445 e. The van der Waals surface area contributed by atoms with Gasteiger partial charge in [0.15, 0.2) is 0 Å². The maximum atomic E-state index is 13.1. The van der Waals surface area contributed by atoms with E-state index in [4.69, 9.17) is 16.3 Å². The van der Waals surface area contributed by atoms with Crippen LogP contribution in [0.25, 0.3) is 0 Å². The molecule has 1 heterocycles. The Kier molecular flexibility index (Phi) is 6.06. The van der Waals surface area contributed by atoms with E-state index in [2.05, 4.69) is 21.2 Å². The molecule has 0 saturated carbocycles. The van der Waals surface area contributed by atoms with E-state index in [1.54, 1.807) is 12.1 Å². The number of carbonyl (C=O) groups is 2. The van der Waals surface area contributed by atoms with Crippen LogP contribution in [0.1, 0.15) is 22.7 Å². The van der Waals surface area contributed by atoms with Gasteiger partial charge in [-0.05, 0) is 35.4 Å². The molecule has 1 atom stereocenters. The Labute approximate surface area is 187 Å². The Morgan fingerprint density at radius 3 is 2.57 bits per heavy atom. The molecule has 0 saturated heterocycles. The number of nitrogens with one attached hydrogen (secondary N) is 1. The molecule has 0 fully saturated rings. The topological polar surface area (TPSA) is 58.6 Å². The van der Waals surface area contributed by atoms with Gasteiger partial charge in [-0.3, -0.25) is 9.69 Å². The number of halogens is 2. The average molecular weight is 486 g/mol. The van der Waals surface area contributed by atoms with E-state index >= 15 is 0 Å². The number of hydrogen-bond acceptors (Lipinski definition) is 3. The first-order valence-electron chi connectivity index (χ1n) is 9.34. The highest BCUT2D eigenvalue weighted by Crippen LogP contribution is 2.40. The van der Waals surface area contributed by atoms with Crippen LogP contribution in [0, 0.1) is 0 Å². The summed E-state index contributed by atoms with van der Waals surface area (Å²) >= 11 is 9.99. The van der Waals surface area contributed by atoms with Gasteiger partial charge in [0.2, 0.25) is 5.91 Å². The quantitative estimate of drug-likeness (QED) is 0.511. The fourth-order valence-electron chi connectivity index (χ4n) is 3.48. The SMILES string of the molecule is O=C1CN(C(=O)OCc2ccccc2)C(c2ccccc2Cl)c2cc(Br)ccc2N1. The van der Waals surface area contributed by atoms with Crippen LogP contribution in [0.15, 0.2) is 77.3 Å². The second-order valence-electron chi connectivity index (χ2n) is 6.87. The third kappa shape index (κ3) is 4.35. The number of benzene rings is 3. The minimum absolute atomic E-state index is 0.109. The molecule has 3 aromatic carbocycles. The Hall–Kier alpha value is -2.83. The van der Waals surface area contributed by atoms with Gasteiger partial charge in [0.05, 0.1) is 6.04 Å². The van der Waals surface area contributed by atoms with Crippen molar-refractivity contribution in [3.8, 4) is 0 Å². The summed E-state index contributed by atoms with van der Waals surface area (Å²) in [4.78, 5) is 27.1. The molecule has 2 amide bonds. The first-order valence-corrected chi connectivity index (χ1v) is 10.5. The minimum Gasteiger partial charge on any atom is -0.445 e. The summed E-state index contributed by atoms with van der Waals surface area (Å²) in [5.41, 5.74) is 2.96. The third-order valence-electron chi connectivity index (χ3n) is 4.85. The highest BCUT2D eigenvalue weighted by atomic mass is 79.9. The molecule has 4 rings (SSSR count). The van der Waals surface area contributed by atoms with Gasteiger partial charge < -0.3 is 10.1 Å². The molecule has 0 aromatic heterocycles. The molecule has 0 spiro atoms. The fourth-order valence-corrected chi connectivity index (χ4v) is 4.10. The van der Waals surface area contributed by atoms with Gasteiger partial charge in [0.1, 0.15) is 13.2 Å². The van der Waals surface area contributed by atoms with Crippen molar-refractivity contribution in [2.75, 3.05) is 11.9 Å². The van der Waals surface area contributed by atoms with Gasteiger partial charge in [0.25, 0.3) is 0 Å². The molecule has 152 valence electrons. The number of hydrogen-bond donors (Lipinski definition) is 1. The van der Waals surface area contributed by atoms with Crippen LogP contribution in [-0.2, 0) is 16.1 Å². The van der Waals surface area contributed by atoms with Crippen molar-refractivity contribution in [1.82, 2.24) is 4.90 Å². The maximum Gasteiger partial charge on any atom is 0.411 e. The summed E-state index contributed by atoms with van der Waals surface area (Å²) in [5.74, 6) is -0.301. The Bertz CT molecular complexity index is 1090. The monoisotopic (exact) mass is 484 g/mol. The number of carbonyl (C=O) groups excluding carboxylic acids is 2. The number of anilines is 1. The molecule has 1 aliphatic rings. The Balaban J connectivity index is 1.75. The molecular formula is C23H18BrClN2O3. The van der Waals surface area contributed by atoms with Gasteiger partial charge in [-0.25, -0.2) is 4.79 Å². The first-order chi connectivity index (χ1) is 14.5. The first kappa shape index (κ1) is 20.4. The number of ether oxygens (including phenoxy) is 1. The molecule has 0 bridgehead atoms. The number of amides is 2. The summed E-state index contributed by atoms with van der Waals surface area (Å²) < 4.78 is 6.39. The van der Waals surface area contributed by atoms with Crippen LogP contribution < -0.4 is 5.32 Å². The zero-order chi connectivity index (χ0) is 21.1. The van der Waals surface area contributed by atoms with E-state index in [9.17, 15) is 9.59 Å². The molecule has 1 unspecified atom stereocenters. The summed E-state index contributed by atoms with van der Waals surface area (Å²) in [6.45, 7) is -0.0474. The van der Waals surface area contributed by atoms with Gasteiger partial charge in [-0.15, -0.1) is 0 Å². The van der Waals surface area contributed by atoms with Crippen molar-refractivity contribution in [2.24, 2.45) is 0 Å². The third-order valence-corrected chi connectivity index (χ3v) is 5.68. The lowest BCUT2D eigenvalue weighted by Crippen LogP contribution is -2.39. The average Bonchev–Trinajstić information content (AvgIpc) is 2.89. The zero-order valence-corrected chi connectivity index (χ0v) is 18.2. The summed E-state index contributed by atoms with van der Waals surface area (Å²) in [7, 11) is 0. The van der Waals surface area contributed by atoms with Crippen LogP contribution in [0.4, 0.5) is 10.5 Å². The lowest BCUT2D eigenvalue weighted by atomic mass is 9.96. The Morgan fingerprint density at radius 2 is 1.80 bits per heavy atom. The molecule has 1 N–H and O–H groups in total. The molecule has 7 heteroatoms. The van der Waals surface area contributed by atoms with Crippen molar-refractivity contribution in [3.63, 3.8) is 0 Å². The van der Waals surface area contributed by atoms with Gasteiger partial charge in [-0.1, -0.05) is 76.1 Å².